The lowest BCUT2D eigenvalue weighted by Gasteiger charge is -2.36. The number of rotatable bonds is 6. The second-order valence-corrected chi connectivity index (χ2v) is 10.1. The molecule has 3 N–H and O–H groups in total. The number of imidazole rings is 1. The summed E-state index contributed by atoms with van der Waals surface area (Å²) in [7, 11) is 1.65. The number of hydrogen-bond acceptors (Lipinski definition) is 7. The Bertz CT molecular complexity index is 1430. The standard InChI is InChI=1S/C27H29N7O4/c1-32-24-23(25(35)31-27(32)38)34(15-16-5-3-2-4-6-16)22(30-24)14-21-28-19-8-7-18(13-20(19)29-21)33-11-9-17(10-12-33)26(36)37/h2-8,13,17,23-24H,9-12,14-15H2,1H3,(H,28,29)(H,36,37)(H,31,35,38). The number of H-pyrrole nitrogens is 1. The number of nitrogens with one attached hydrogen (secondary N) is 2. The summed E-state index contributed by atoms with van der Waals surface area (Å²) in [6, 6.07) is 14.8. The molecule has 3 aliphatic rings. The lowest BCUT2D eigenvalue weighted by Crippen LogP contribution is -2.63. The van der Waals surface area contributed by atoms with Crippen molar-refractivity contribution in [1.82, 2.24) is 25.1 Å². The molecule has 0 spiro atoms. The topological polar surface area (TPSA) is 134 Å². The molecule has 6 rings (SSSR count). The lowest BCUT2D eigenvalue weighted by atomic mass is 9.97. The Hall–Kier alpha value is -4.41. The number of amidine groups is 1. The van der Waals surface area contributed by atoms with E-state index < -0.39 is 24.2 Å². The van der Waals surface area contributed by atoms with Gasteiger partial charge in [0, 0.05) is 32.4 Å². The first-order chi connectivity index (χ1) is 18.4. The Labute approximate surface area is 219 Å². The molecule has 0 bridgehead atoms. The predicted octanol–water partition coefficient (Wildman–Crippen LogP) is 2.20. The first kappa shape index (κ1) is 24.0. The molecule has 4 heterocycles. The average Bonchev–Trinajstić information content (AvgIpc) is 3.49. The number of benzene rings is 2. The normalized spacial score (nSPS) is 22.0. The van der Waals surface area contributed by atoms with Gasteiger partial charge in [-0.05, 0) is 36.6 Å². The molecule has 0 saturated carbocycles. The van der Waals surface area contributed by atoms with E-state index in [1.165, 1.54) is 4.90 Å². The molecule has 0 radical (unpaired) electrons. The molecule has 2 fully saturated rings. The molecule has 0 aliphatic carbocycles. The van der Waals surface area contributed by atoms with Gasteiger partial charge in [0.25, 0.3) is 5.91 Å². The van der Waals surface area contributed by atoms with Crippen molar-refractivity contribution < 1.29 is 19.5 Å². The number of likely N-dealkylation sites (N-methyl/N-ethyl adjacent to an activating group) is 1. The number of carbonyl (C=O) groups excluding carboxylic acids is 2. The van der Waals surface area contributed by atoms with E-state index in [9.17, 15) is 19.5 Å². The maximum atomic E-state index is 12.9. The SMILES string of the molecule is CN1C(=O)NC(=O)C2C1N=C(Cc1nc3ccc(N4CCC(C(=O)O)CC4)cc3[nH]1)N2Cc1ccccc1. The fourth-order valence-corrected chi connectivity index (χ4v) is 5.56. The van der Waals surface area contributed by atoms with Gasteiger partial charge in [0.2, 0.25) is 0 Å². The van der Waals surface area contributed by atoms with Crippen molar-refractivity contribution in [3.63, 3.8) is 0 Å². The molecule has 3 amide bonds. The van der Waals surface area contributed by atoms with E-state index in [0.29, 0.717) is 50.6 Å². The monoisotopic (exact) mass is 515 g/mol. The number of amides is 3. The Balaban J connectivity index is 1.25. The summed E-state index contributed by atoms with van der Waals surface area (Å²) < 4.78 is 0. The van der Waals surface area contributed by atoms with Gasteiger partial charge < -0.3 is 24.8 Å². The number of carboxylic acid groups (broad SMARTS) is 1. The summed E-state index contributed by atoms with van der Waals surface area (Å²) >= 11 is 0. The van der Waals surface area contributed by atoms with Gasteiger partial charge >= 0.3 is 12.0 Å². The van der Waals surface area contributed by atoms with Crippen LogP contribution in [0.1, 0.15) is 24.2 Å². The van der Waals surface area contributed by atoms with Crippen molar-refractivity contribution >= 4 is 40.5 Å². The highest BCUT2D eigenvalue weighted by molar-refractivity contribution is 6.04. The predicted molar refractivity (Wildman–Crippen MR) is 141 cm³/mol. The van der Waals surface area contributed by atoms with Gasteiger partial charge in [0.1, 0.15) is 11.7 Å². The molecule has 2 unspecified atom stereocenters. The zero-order valence-electron chi connectivity index (χ0n) is 21.0. The quantitative estimate of drug-likeness (QED) is 0.458. The van der Waals surface area contributed by atoms with E-state index >= 15 is 0 Å². The summed E-state index contributed by atoms with van der Waals surface area (Å²) in [5.41, 5.74) is 3.77. The molecule has 2 saturated heterocycles. The van der Waals surface area contributed by atoms with Gasteiger partial charge in [-0.2, -0.15) is 0 Å². The van der Waals surface area contributed by atoms with Crippen LogP contribution in [0, 0.1) is 5.92 Å². The van der Waals surface area contributed by atoms with E-state index in [0.717, 1.165) is 22.3 Å². The van der Waals surface area contributed by atoms with Crippen molar-refractivity contribution in [2.24, 2.45) is 10.9 Å². The number of carbonyl (C=O) groups is 3. The van der Waals surface area contributed by atoms with Gasteiger partial charge in [0.15, 0.2) is 12.2 Å². The van der Waals surface area contributed by atoms with Crippen LogP contribution in [0.4, 0.5) is 10.5 Å². The van der Waals surface area contributed by atoms with E-state index in [1.807, 2.05) is 53.4 Å². The molecule has 3 aliphatic heterocycles. The van der Waals surface area contributed by atoms with Crippen LogP contribution in [0.25, 0.3) is 11.0 Å². The number of aliphatic carboxylic acids is 1. The maximum Gasteiger partial charge on any atom is 0.325 e. The highest BCUT2D eigenvalue weighted by Gasteiger charge is 2.48. The van der Waals surface area contributed by atoms with E-state index in [4.69, 9.17) is 9.98 Å². The minimum Gasteiger partial charge on any atom is -0.481 e. The van der Waals surface area contributed by atoms with Gasteiger partial charge in [-0.3, -0.25) is 14.9 Å². The van der Waals surface area contributed by atoms with Crippen molar-refractivity contribution in [2.75, 3.05) is 25.0 Å². The highest BCUT2D eigenvalue weighted by atomic mass is 16.4. The molecule has 11 nitrogen and oxygen atoms in total. The molecule has 3 aromatic rings. The third-order valence-electron chi connectivity index (χ3n) is 7.69. The summed E-state index contributed by atoms with van der Waals surface area (Å²) in [5.74, 6) is 0.0538. The molecule has 1 aromatic heterocycles. The second-order valence-electron chi connectivity index (χ2n) is 10.1. The molecule has 196 valence electrons. The summed E-state index contributed by atoms with van der Waals surface area (Å²) in [6.07, 6.45) is 1.04. The molecular weight excluding hydrogens is 486 g/mol. The van der Waals surface area contributed by atoms with Gasteiger partial charge in [0.05, 0.1) is 23.4 Å². The van der Waals surface area contributed by atoms with Crippen LogP contribution in [-0.2, 0) is 22.6 Å². The number of piperidine rings is 1. The molecule has 38 heavy (non-hydrogen) atoms. The van der Waals surface area contributed by atoms with Crippen LogP contribution in [0.15, 0.2) is 53.5 Å². The smallest absolute Gasteiger partial charge is 0.325 e. The molecule has 2 atom stereocenters. The lowest BCUT2D eigenvalue weighted by molar-refractivity contribution is -0.142. The van der Waals surface area contributed by atoms with Crippen molar-refractivity contribution in [3.8, 4) is 0 Å². The second kappa shape index (κ2) is 9.47. The minimum absolute atomic E-state index is 0.278. The fourth-order valence-electron chi connectivity index (χ4n) is 5.56. The average molecular weight is 516 g/mol. The van der Waals surface area contributed by atoms with Crippen LogP contribution in [-0.4, -0.2) is 81.0 Å². The minimum atomic E-state index is -0.720. The fraction of sp³-hybridized carbons (Fsp3) is 0.370. The van der Waals surface area contributed by atoms with E-state index in [2.05, 4.69) is 15.2 Å². The first-order valence-corrected chi connectivity index (χ1v) is 12.8. The number of aromatic amines is 1. The van der Waals surface area contributed by atoms with E-state index in [-0.39, 0.29) is 11.8 Å². The van der Waals surface area contributed by atoms with Crippen molar-refractivity contribution in [3.05, 3.63) is 59.9 Å². The first-order valence-electron chi connectivity index (χ1n) is 12.8. The Kier molecular flexibility index (Phi) is 5.97. The zero-order chi connectivity index (χ0) is 26.4. The molecular formula is C27H29N7O4. The van der Waals surface area contributed by atoms with Gasteiger partial charge in [-0.1, -0.05) is 30.3 Å². The number of nitrogens with zero attached hydrogens (tertiary/aromatic N) is 5. The van der Waals surface area contributed by atoms with Crippen molar-refractivity contribution in [2.45, 2.75) is 38.0 Å². The Morgan fingerprint density at radius 1 is 1.11 bits per heavy atom. The van der Waals surface area contributed by atoms with Crippen LogP contribution in [0.2, 0.25) is 0 Å². The number of fused-ring (bicyclic) bond motifs is 2. The van der Waals surface area contributed by atoms with Crippen molar-refractivity contribution in [1.29, 1.82) is 0 Å². The number of anilines is 1. The largest absolute Gasteiger partial charge is 0.481 e. The van der Waals surface area contributed by atoms with E-state index in [1.54, 1.807) is 7.05 Å². The van der Waals surface area contributed by atoms with Gasteiger partial charge in [-0.25, -0.2) is 14.8 Å². The third kappa shape index (κ3) is 4.33. The van der Waals surface area contributed by atoms with Gasteiger partial charge in [-0.15, -0.1) is 0 Å². The maximum absolute atomic E-state index is 12.9. The van der Waals surface area contributed by atoms with Crippen LogP contribution in [0.5, 0.6) is 0 Å². The number of imide groups is 1. The number of aliphatic imine (C=N–C) groups is 1. The van der Waals surface area contributed by atoms with Crippen LogP contribution >= 0.6 is 0 Å². The summed E-state index contributed by atoms with van der Waals surface area (Å²) in [5, 5.41) is 11.7. The summed E-state index contributed by atoms with van der Waals surface area (Å²) in [6.45, 7) is 1.88. The Morgan fingerprint density at radius 2 is 1.87 bits per heavy atom. The zero-order valence-corrected chi connectivity index (χ0v) is 21.0. The number of hydrogen-bond donors (Lipinski definition) is 3. The highest BCUT2D eigenvalue weighted by Crippen LogP contribution is 2.29. The number of carboxylic acids is 1. The van der Waals surface area contributed by atoms with Crippen LogP contribution in [0.3, 0.4) is 0 Å². The summed E-state index contributed by atoms with van der Waals surface area (Å²) in [4.78, 5) is 55.1. The number of aromatic nitrogens is 2. The third-order valence-corrected chi connectivity index (χ3v) is 7.69. The Morgan fingerprint density at radius 3 is 2.61 bits per heavy atom. The molecule has 11 heteroatoms. The number of urea groups is 1. The molecule has 2 aromatic carbocycles. The van der Waals surface area contributed by atoms with Crippen LogP contribution < -0.4 is 10.2 Å².